The lowest BCUT2D eigenvalue weighted by Gasteiger charge is -2.20. The molecule has 6 heteroatoms. The molecule has 0 radical (unpaired) electrons. The van der Waals surface area contributed by atoms with Crippen LogP contribution in [0.15, 0.2) is 18.2 Å². The summed E-state index contributed by atoms with van der Waals surface area (Å²) in [6, 6.07) is 4.30. The molecule has 0 aliphatic carbocycles. The van der Waals surface area contributed by atoms with Crippen LogP contribution in [-0.2, 0) is 4.79 Å². The number of hydrogen-bond donors (Lipinski definition) is 1. The summed E-state index contributed by atoms with van der Waals surface area (Å²) in [5.74, 6) is -0.499. The van der Waals surface area contributed by atoms with Crippen molar-refractivity contribution in [1.29, 1.82) is 0 Å². The van der Waals surface area contributed by atoms with Crippen LogP contribution in [-0.4, -0.2) is 34.2 Å². The summed E-state index contributed by atoms with van der Waals surface area (Å²) in [5, 5.41) is 9.37. The number of benzene rings is 1. The van der Waals surface area contributed by atoms with Crippen molar-refractivity contribution in [3.05, 3.63) is 29.0 Å². The van der Waals surface area contributed by atoms with E-state index in [9.17, 15) is 14.3 Å². The highest BCUT2D eigenvalue weighted by atomic mass is 35.5. The maximum Gasteiger partial charge on any atom is 0.240 e. The van der Waals surface area contributed by atoms with Crippen molar-refractivity contribution in [3.8, 4) is 0 Å². The number of halogens is 2. The molecule has 0 spiro atoms. The first-order valence-corrected chi connectivity index (χ1v) is 7.82. The molecule has 3 atom stereocenters. The number of carbonyl (C=O) groups excluding carboxylic acids is 1. The van der Waals surface area contributed by atoms with E-state index in [1.807, 2.05) is 6.92 Å². The molecule has 0 aromatic heterocycles. The van der Waals surface area contributed by atoms with Gasteiger partial charge in [-0.1, -0.05) is 18.5 Å². The Hall–Kier alpha value is -0.780. The van der Waals surface area contributed by atoms with Crippen LogP contribution in [0.1, 0.15) is 20.3 Å². The fraction of sp³-hybridized carbons (Fsp3) is 0.500. The standard InChI is InChI=1S/C14H17ClFNO2S/c1-8(18)9(2)20-13-5-6-17(14(13)19)10-3-4-12(16)11(15)7-10/h3-4,7-9,13,18H,5-6H2,1-2H3. The molecule has 1 saturated heterocycles. The van der Waals surface area contributed by atoms with Crippen LogP contribution in [0.25, 0.3) is 0 Å². The first-order chi connectivity index (χ1) is 9.40. The van der Waals surface area contributed by atoms with E-state index in [2.05, 4.69) is 0 Å². The van der Waals surface area contributed by atoms with Crippen molar-refractivity contribution in [2.24, 2.45) is 0 Å². The van der Waals surface area contributed by atoms with Crippen LogP contribution < -0.4 is 4.90 Å². The zero-order valence-electron chi connectivity index (χ0n) is 11.3. The van der Waals surface area contributed by atoms with Gasteiger partial charge in [-0.15, -0.1) is 11.8 Å². The van der Waals surface area contributed by atoms with Gasteiger partial charge in [0, 0.05) is 17.5 Å². The summed E-state index contributed by atoms with van der Waals surface area (Å²) in [6.45, 7) is 4.21. The molecule has 1 fully saturated rings. The fourth-order valence-corrected chi connectivity index (χ4v) is 3.47. The van der Waals surface area contributed by atoms with Gasteiger partial charge in [0.05, 0.1) is 16.4 Å². The predicted octanol–water partition coefficient (Wildman–Crippen LogP) is 3.09. The number of aliphatic hydroxyl groups is 1. The highest BCUT2D eigenvalue weighted by molar-refractivity contribution is 8.01. The molecular formula is C14H17ClFNO2S. The minimum atomic E-state index is -0.490. The van der Waals surface area contributed by atoms with Crippen LogP contribution in [0.2, 0.25) is 5.02 Å². The Kier molecular flexibility index (Phi) is 4.94. The fourth-order valence-electron chi connectivity index (χ4n) is 2.06. The minimum Gasteiger partial charge on any atom is -0.392 e. The van der Waals surface area contributed by atoms with Crippen LogP contribution in [0.4, 0.5) is 10.1 Å². The van der Waals surface area contributed by atoms with Crippen molar-refractivity contribution in [3.63, 3.8) is 0 Å². The zero-order valence-corrected chi connectivity index (χ0v) is 12.9. The molecule has 1 aliphatic rings. The maximum atomic E-state index is 13.2. The SMILES string of the molecule is CC(O)C(C)SC1CCN(c2ccc(F)c(Cl)c2)C1=O. The highest BCUT2D eigenvalue weighted by Gasteiger charge is 2.34. The number of rotatable bonds is 4. The van der Waals surface area contributed by atoms with Gasteiger partial charge in [-0.25, -0.2) is 4.39 Å². The molecular weight excluding hydrogens is 301 g/mol. The molecule has 0 bridgehead atoms. The summed E-state index contributed by atoms with van der Waals surface area (Å²) in [6.07, 6.45) is 0.261. The molecule has 1 heterocycles. The zero-order chi connectivity index (χ0) is 14.9. The van der Waals surface area contributed by atoms with Crippen LogP contribution in [0, 0.1) is 5.82 Å². The van der Waals surface area contributed by atoms with E-state index in [4.69, 9.17) is 11.6 Å². The largest absolute Gasteiger partial charge is 0.392 e. The summed E-state index contributed by atoms with van der Waals surface area (Å²) in [7, 11) is 0. The molecule has 0 saturated carbocycles. The molecule has 1 aliphatic heterocycles. The first-order valence-electron chi connectivity index (χ1n) is 6.50. The van der Waals surface area contributed by atoms with Gasteiger partial charge in [-0.2, -0.15) is 0 Å². The van der Waals surface area contributed by atoms with E-state index in [1.54, 1.807) is 17.9 Å². The van der Waals surface area contributed by atoms with Crippen LogP contribution >= 0.6 is 23.4 Å². The van der Waals surface area contributed by atoms with Crippen LogP contribution in [0.5, 0.6) is 0 Å². The smallest absolute Gasteiger partial charge is 0.240 e. The van der Waals surface area contributed by atoms with E-state index in [0.717, 1.165) is 6.42 Å². The topological polar surface area (TPSA) is 40.5 Å². The minimum absolute atomic E-state index is 0.000653. The van der Waals surface area contributed by atoms with Crippen molar-refractivity contribution in [1.82, 2.24) is 0 Å². The number of nitrogens with zero attached hydrogens (tertiary/aromatic N) is 1. The maximum absolute atomic E-state index is 13.2. The summed E-state index contributed by atoms with van der Waals surface area (Å²) in [5.41, 5.74) is 0.620. The third-order valence-electron chi connectivity index (χ3n) is 3.43. The lowest BCUT2D eigenvalue weighted by molar-refractivity contribution is -0.116. The molecule has 3 unspecified atom stereocenters. The second-order valence-corrected chi connectivity index (χ2v) is 6.94. The van der Waals surface area contributed by atoms with E-state index in [-0.39, 0.29) is 21.4 Å². The quantitative estimate of drug-likeness (QED) is 0.927. The van der Waals surface area contributed by atoms with Crippen molar-refractivity contribution in [2.45, 2.75) is 36.9 Å². The predicted molar refractivity (Wildman–Crippen MR) is 80.9 cm³/mol. The van der Waals surface area contributed by atoms with E-state index < -0.39 is 11.9 Å². The Bertz CT molecular complexity index is 512. The number of anilines is 1. The molecule has 1 aromatic rings. The van der Waals surface area contributed by atoms with Gasteiger partial charge in [0.1, 0.15) is 5.82 Å². The number of aliphatic hydroxyl groups excluding tert-OH is 1. The second-order valence-electron chi connectivity index (χ2n) is 4.95. The van der Waals surface area contributed by atoms with Crippen molar-refractivity contribution in [2.75, 3.05) is 11.4 Å². The average molecular weight is 318 g/mol. The van der Waals surface area contributed by atoms with Crippen molar-refractivity contribution < 1.29 is 14.3 Å². The average Bonchev–Trinajstić information content (AvgIpc) is 2.74. The van der Waals surface area contributed by atoms with E-state index in [0.29, 0.717) is 12.2 Å². The Morgan fingerprint density at radius 1 is 1.50 bits per heavy atom. The molecule has 20 heavy (non-hydrogen) atoms. The lowest BCUT2D eigenvalue weighted by atomic mass is 10.3. The highest BCUT2D eigenvalue weighted by Crippen LogP contribution is 2.33. The molecule has 2 rings (SSSR count). The first kappa shape index (κ1) is 15.6. The molecule has 1 N–H and O–H groups in total. The number of thioether (sulfide) groups is 1. The Morgan fingerprint density at radius 3 is 2.80 bits per heavy atom. The lowest BCUT2D eigenvalue weighted by Crippen LogP contribution is -2.30. The van der Waals surface area contributed by atoms with E-state index in [1.165, 1.54) is 23.9 Å². The summed E-state index contributed by atoms with van der Waals surface area (Å²) < 4.78 is 13.2. The van der Waals surface area contributed by atoms with Gasteiger partial charge in [0.2, 0.25) is 5.91 Å². The van der Waals surface area contributed by atoms with Crippen LogP contribution in [0.3, 0.4) is 0 Å². The van der Waals surface area contributed by atoms with Gasteiger partial charge in [-0.3, -0.25) is 4.79 Å². The molecule has 3 nitrogen and oxygen atoms in total. The number of hydrogen-bond acceptors (Lipinski definition) is 3. The molecule has 1 amide bonds. The molecule has 110 valence electrons. The number of carbonyl (C=O) groups is 1. The summed E-state index contributed by atoms with van der Waals surface area (Å²) in [4.78, 5) is 14.0. The van der Waals surface area contributed by atoms with Gasteiger partial charge < -0.3 is 10.0 Å². The third-order valence-corrected chi connectivity index (χ3v) is 5.31. The van der Waals surface area contributed by atoms with E-state index >= 15 is 0 Å². The summed E-state index contributed by atoms with van der Waals surface area (Å²) >= 11 is 7.23. The van der Waals surface area contributed by atoms with Gasteiger partial charge in [-0.05, 0) is 31.5 Å². The Labute approximate surface area is 127 Å². The van der Waals surface area contributed by atoms with Crippen molar-refractivity contribution >= 4 is 35.0 Å². The van der Waals surface area contributed by atoms with Gasteiger partial charge in [0.15, 0.2) is 0 Å². The number of amides is 1. The van der Waals surface area contributed by atoms with Gasteiger partial charge in [0.25, 0.3) is 0 Å². The Morgan fingerprint density at radius 2 is 2.20 bits per heavy atom. The second kappa shape index (κ2) is 6.33. The van der Waals surface area contributed by atoms with Gasteiger partial charge >= 0.3 is 0 Å². The Balaban J connectivity index is 2.09. The third kappa shape index (κ3) is 3.27. The monoisotopic (exact) mass is 317 g/mol. The normalized spacial score (nSPS) is 22.1. The molecule has 1 aromatic carbocycles.